The van der Waals surface area contributed by atoms with Crippen LogP contribution in [0.2, 0.25) is 0 Å². The summed E-state index contributed by atoms with van der Waals surface area (Å²) in [5, 5.41) is 9.10. The Morgan fingerprint density at radius 1 is 1.26 bits per heavy atom. The topological polar surface area (TPSA) is 91.0 Å². The standard InChI is InChI=1S/C12H17N5O2/c18-11(10-13-7-14-16-10)15-9-3-5-17(6-4-9)12(19)8-1-2-8/h7-9H,1-6H2,(H,15,18)(H,13,14,16). The second-order valence-electron chi connectivity index (χ2n) is 5.18. The van der Waals surface area contributed by atoms with Gasteiger partial charge in [-0.1, -0.05) is 0 Å². The average Bonchev–Trinajstić information content (AvgIpc) is 3.13. The van der Waals surface area contributed by atoms with Crippen LogP contribution in [-0.2, 0) is 4.79 Å². The quantitative estimate of drug-likeness (QED) is 0.799. The molecule has 2 aliphatic rings. The largest absolute Gasteiger partial charge is 0.346 e. The summed E-state index contributed by atoms with van der Waals surface area (Å²) in [5.41, 5.74) is 0. The average molecular weight is 263 g/mol. The minimum absolute atomic E-state index is 0.112. The summed E-state index contributed by atoms with van der Waals surface area (Å²) in [4.78, 5) is 29.4. The summed E-state index contributed by atoms with van der Waals surface area (Å²) in [7, 11) is 0. The predicted octanol–water partition coefficient (Wildman–Crippen LogP) is -0.0645. The third kappa shape index (κ3) is 2.74. The van der Waals surface area contributed by atoms with E-state index in [1.807, 2.05) is 4.90 Å². The molecule has 3 rings (SSSR count). The van der Waals surface area contributed by atoms with Crippen LogP contribution >= 0.6 is 0 Å². The van der Waals surface area contributed by atoms with Crippen LogP contribution in [0, 0.1) is 5.92 Å². The first-order chi connectivity index (χ1) is 9.24. The number of aromatic nitrogens is 3. The molecule has 0 spiro atoms. The SMILES string of the molecule is O=C(NC1CCN(C(=O)C2CC2)CC1)c1ncn[nH]1. The molecule has 1 saturated heterocycles. The van der Waals surface area contributed by atoms with Gasteiger partial charge in [-0.15, -0.1) is 0 Å². The van der Waals surface area contributed by atoms with E-state index in [4.69, 9.17) is 0 Å². The summed E-state index contributed by atoms with van der Waals surface area (Å²) in [6, 6.07) is 0.112. The second kappa shape index (κ2) is 4.99. The van der Waals surface area contributed by atoms with Crippen molar-refractivity contribution in [2.75, 3.05) is 13.1 Å². The van der Waals surface area contributed by atoms with E-state index in [1.165, 1.54) is 6.33 Å². The highest BCUT2D eigenvalue weighted by molar-refractivity contribution is 5.90. The van der Waals surface area contributed by atoms with Gasteiger partial charge in [0.2, 0.25) is 11.7 Å². The zero-order valence-corrected chi connectivity index (χ0v) is 10.6. The third-order valence-corrected chi connectivity index (χ3v) is 3.70. The Bertz CT molecular complexity index is 460. The zero-order valence-electron chi connectivity index (χ0n) is 10.6. The van der Waals surface area contributed by atoms with Gasteiger partial charge in [-0.2, -0.15) is 5.10 Å². The van der Waals surface area contributed by atoms with E-state index in [9.17, 15) is 9.59 Å². The molecule has 19 heavy (non-hydrogen) atoms. The molecule has 1 saturated carbocycles. The van der Waals surface area contributed by atoms with Crippen molar-refractivity contribution in [2.45, 2.75) is 31.7 Å². The molecule has 1 aliphatic heterocycles. The summed E-state index contributed by atoms with van der Waals surface area (Å²) >= 11 is 0. The van der Waals surface area contributed by atoms with E-state index in [2.05, 4.69) is 20.5 Å². The number of nitrogens with zero attached hydrogens (tertiary/aromatic N) is 3. The molecule has 1 aromatic rings. The molecule has 102 valence electrons. The molecule has 2 N–H and O–H groups in total. The monoisotopic (exact) mass is 263 g/mol. The molecule has 0 atom stereocenters. The number of nitrogens with one attached hydrogen (secondary N) is 2. The molecule has 7 nitrogen and oxygen atoms in total. The van der Waals surface area contributed by atoms with Crippen LogP contribution in [0.15, 0.2) is 6.33 Å². The van der Waals surface area contributed by atoms with Gasteiger partial charge in [-0.3, -0.25) is 14.7 Å². The smallest absolute Gasteiger partial charge is 0.288 e. The van der Waals surface area contributed by atoms with Crippen molar-refractivity contribution in [2.24, 2.45) is 5.92 Å². The fraction of sp³-hybridized carbons (Fsp3) is 0.667. The van der Waals surface area contributed by atoms with Crippen molar-refractivity contribution in [1.29, 1.82) is 0 Å². The number of carbonyl (C=O) groups is 2. The summed E-state index contributed by atoms with van der Waals surface area (Å²) in [5.74, 6) is 0.571. The third-order valence-electron chi connectivity index (χ3n) is 3.70. The molecule has 7 heteroatoms. The van der Waals surface area contributed by atoms with E-state index in [0.29, 0.717) is 5.91 Å². The molecule has 0 radical (unpaired) electrons. The first-order valence-corrected chi connectivity index (χ1v) is 6.69. The highest BCUT2D eigenvalue weighted by Gasteiger charge is 2.35. The maximum atomic E-state index is 11.9. The number of likely N-dealkylation sites (tertiary alicyclic amines) is 1. The minimum Gasteiger partial charge on any atom is -0.346 e. The van der Waals surface area contributed by atoms with Crippen molar-refractivity contribution in [3.05, 3.63) is 12.2 Å². The lowest BCUT2D eigenvalue weighted by Crippen LogP contribution is -2.47. The summed E-state index contributed by atoms with van der Waals surface area (Å²) in [6.07, 6.45) is 5.00. The lowest BCUT2D eigenvalue weighted by atomic mass is 10.0. The Morgan fingerprint density at radius 2 is 2.00 bits per heavy atom. The van der Waals surface area contributed by atoms with Gasteiger partial charge < -0.3 is 10.2 Å². The molecule has 2 amide bonds. The Balaban J connectivity index is 1.47. The van der Waals surface area contributed by atoms with Crippen LogP contribution in [0.1, 0.15) is 36.3 Å². The Morgan fingerprint density at radius 3 is 2.58 bits per heavy atom. The van der Waals surface area contributed by atoms with Crippen LogP contribution < -0.4 is 5.32 Å². The molecule has 0 bridgehead atoms. The zero-order chi connectivity index (χ0) is 13.2. The summed E-state index contributed by atoms with van der Waals surface area (Å²) in [6.45, 7) is 1.47. The van der Waals surface area contributed by atoms with E-state index in [1.54, 1.807) is 0 Å². The molecule has 1 aromatic heterocycles. The number of H-pyrrole nitrogens is 1. The molecule has 0 unspecified atom stereocenters. The van der Waals surface area contributed by atoms with Gasteiger partial charge >= 0.3 is 0 Å². The van der Waals surface area contributed by atoms with Gasteiger partial charge in [0.25, 0.3) is 5.91 Å². The first-order valence-electron chi connectivity index (χ1n) is 6.69. The van der Waals surface area contributed by atoms with Crippen molar-refractivity contribution in [3.63, 3.8) is 0 Å². The Kier molecular flexibility index (Phi) is 3.18. The van der Waals surface area contributed by atoms with Gasteiger partial charge in [0.05, 0.1) is 0 Å². The number of hydrogen-bond donors (Lipinski definition) is 2. The van der Waals surface area contributed by atoms with Gasteiger partial charge in [0.15, 0.2) is 0 Å². The molecular weight excluding hydrogens is 246 g/mol. The van der Waals surface area contributed by atoms with E-state index >= 15 is 0 Å². The van der Waals surface area contributed by atoms with Crippen molar-refractivity contribution in [1.82, 2.24) is 25.4 Å². The van der Waals surface area contributed by atoms with Crippen LogP contribution in [0.5, 0.6) is 0 Å². The van der Waals surface area contributed by atoms with Gasteiger partial charge in [-0.25, -0.2) is 4.98 Å². The van der Waals surface area contributed by atoms with Crippen molar-refractivity contribution >= 4 is 11.8 Å². The van der Waals surface area contributed by atoms with Gasteiger partial charge in [0, 0.05) is 25.0 Å². The fourth-order valence-electron chi connectivity index (χ4n) is 2.40. The number of hydrogen-bond acceptors (Lipinski definition) is 4. The number of carbonyl (C=O) groups excluding carboxylic acids is 2. The number of rotatable bonds is 3. The highest BCUT2D eigenvalue weighted by Crippen LogP contribution is 2.31. The summed E-state index contributed by atoms with van der Waals surface area (Å²) < 4.78 is 0. The van der Waals surface area contributed by atoms with E-state index in [-0.39, 0.29) is 23.7 Å². The molecule has 2 heterocycles. The van der Waals surface area contributed by atoms with Crippen LogP contribution in [0.3, 0.4) is 0 Å². The number of piperidine rings is 1. The maximum Gasteiger partial charge on any atom is 0.288 e. The van der Waals surface area contributed by atoms with Crippen LogP contribution in [0.4, 0.5) is 0 Å². The lowest BCUT2D eigenvalue weighted by Gasteiger charge is -2.32. The second-order valence-corrected chi connectivity index (χ2v) is 5.18. The minimum atomic E-state index is -0.232. The Hall–Kier alpha value is -1.92. The van der Waals surface area contributed by atoms with E-state index < -0.39 is 0 Å². The van der Waals surface area contributed by atoms with Crippen molar-refractivity contribution < 1.29 is 9.59 Å². The lowest BCUT2D eigenvalue weighted by molar-refractivity contribution is -0.133. The van der Waals surface area contributed by atoms with Crippen molar-refractivity contribution in [3.8, 4) is 0 Å². The number of amides is 2. The molecular formula is C12H17N5O2. The van der Waals surface area contributed by atoms with Crippen LogP contribution in [0.25, 0.3) is 0 Å². The molecule has 2 fully saturated rings. The first kappa shape index (κ1) is 12.1. The maximum absolute atomic E-state index is 11.9. The fourth-order valence-corrected chi connectivity index (χ4v) is 2.40. The predicted molar refractivity (Wildman–Crippen MR) is 66.2 cm³/mol. The molecule has 0 aromatic carbocycles. The van der Waals surface area contributed by atoms with Gasteiger partial charge in [0.1, 0.15) is 6.33 Å². The normalized spacial score (nSPS) is 20.3. The van der Waals surface area contributed by atoms with E-state index in [0.717, 1.165) is 38.8 Å². The van der Waals surface area contributed by atoms with Crippen LogP contribution in [-0.4, -0.2) is 51.0 Å². The highest BCUT2D eigenvalue weighted by atomic mass is 16.2. The number of aromatic amines is 1. The molecule has 1 aliphatic carbocycles. The van der Waals surface area contributed by atoms with Gasteiger partial charge in [-0.05, 0) is 25.7 Å². The Labute approximate surface area is 110 Å².